The van der Waals surface area contributed by atoms with Gasteiger partial charge in [-0.1, -0.05) is 13.8 Å². The maximum absolute atomic E-state index is 11.0. The fourth-order valence-corrected chi connectivity index (χ4v) is 2.23. The van der Waals surface area contributed by atoms with E-state index in [2.05, 4.69) is 28.7 Å². The first-order chi connectivity index (χ1) is 7.98. The van der Waals surface area contributed by atoms with E-state index in [0.717, 1.165) is 19.5 Å². The number of aromatic carboxylic acids is 1. The monoisotopic (exact) mass is 235 g/mol. The molecule has 0 amide bonds. The number of nitrogens with zero attached hydrogens (tertiary/aromatic N) is 3. The van der Waals surface area contributed by atoms with Gasteiger partial charge < -0.3 is 5.11 Å². The summed E-state index contributed by atoms with van der Waals surface area (Å²) < 4.78 is 0. The molecular weight excluding hydrogens is 218 g/mol. The van der Waals surface area contributed by atoms with Gasteiger partial charge in [0.1, 0.15) is 11.9 Å². The summed E-state index contributed by atoms with van der Waals surface area (Å²) in [5.74, 6) is -0.959. The second kappa shape index (κ2) is 4.41. The van der Waals surface area contributed by atoms with Crippen LogP contribution in [0.15, 0.2) is 12.5 Å². The Morgan fingerprint density at radius 2 is 2.35 bits per heavy atom. The third-order valence-corrected chi connectivity index (χ3v) is 3.16. The minimum absolute atomic E-state index is 0.206. The molecule has 1 aromatic heterocycles. The molecule has 1 aliphatic heterocycles. The molecule has 2 heterocycles. The molecule has 0 unspecified atom stereocenters. The zero-order valence-corrected chi connectivity index (χ0v) is 10.2. The molecule has 0 bridgehead atoms. The number of carboxylic acids is 1. The first-order valence-corrected chi connectivity index (χ1v) is 5.72. The summed E-state index contributed by atoms with van der Waals surface area (Å²) >= 11 is 0. The molecule has 0 atom stereocenters. The van der Waals surface area contributed by atoms with Crippen molar-refractivity contribution in [3.05, 3.63) is 23.8 Å². The molecule has 1 aromatic rings. The fraction of sp³-hybridized carbons (Fsp3) is 0.583. The second-order valence-corrected chi connectivity index (χ2v) is 5.31. The maximum Gasteiger partial charge on any atom is 0.339 e. The molecule has 0 radical (unpaired) electrons. The normalized spacial score (nSPS) is 19.4. The van der Waals surface area contributed by atoms with E-state index in [1.807, 2.05) is 0 Å². The van der Waals surface area contributed by atoms with E-state index in [-0.39, 0.29) is 5.56 Å². The summed E-state index contributed by atoms with van der Waals surface area (Å²) in [6, 6.07) is 0. The summed E-state index contributed by atoms with van der Waals surface area (Å²) in [7, 11) is 0. The molecule has 1 saturated heterocycles. The van der Waals surface area contributed by atoms with Crippen molar-refractivity contribution >= 4 is 5.97 Å². The zero-order chi connectivity index (χ0) is 12.5. The second-order valence-electron chi connectivity index (χ2n) is 5.31. The van der Waals surface area contributed by atoms with Crippen LogP contribution in [0.25, 0.3) is 0 Å². The first kappa shape index (κ1) is 12.0. The Hall–Kier alpha value is -1.49. The van der Waals surface area contributed by atoms with Gasteiger partial charge >= 0.3 is 5.97 Å². The number of likely N-dealkylation sites (tertiary alicyclic amines) is 1. The summed E-state index contributed by atoms with van der Waals surface area (Å²) in [4.78, 5) is 21.1. The number of rotatable bonds is 3. The van der Waals surface area contributed by atoms with Crippen LogP contribution < -0.4 is 0 Å². The number of aromatic nitrogens is 2. The van der Waals surface area contributed by atoms with Crippen LogP contribution in [-0.4, -0.2) is 39.0 Å². The van der Waals surface area contributed by atoms with Gasteiger partial charge in [-0.2, -0.15) is 0 Å². The molecule has 5 heteroatoms. The molecule has 92 valence electrons. The predicted octanol–water partition coefficient (Wildman–Crippen LogP) is 1.41. The van der Waals surface area contributed by atoms with Crippen molar-refractivity contribution in [3.8, 4) is 0 Å². The van der Waals surface area contributed by atoms with E-state index in [1.54, 1.807) is 0 Å². The Bertz CT molecular complexity index is 432. The average molecular weight is 235 g/mol. The summed E-state index contributed by atoms with van der Waals surface area (Å²) in [6.07, 6.45) is 3.91. The van der Waals surface area contributed by atoms with E-state index in [9.17, 15) is 4.79 Å². The van der Waals surface area contributed by atoms with E-state index in [4.69, 9.17) is 5.11 Å². The lowest BCUT2D eigenvalue weighted by Crippen LogP contribution is -2.24. The van der Waals surface area contributed by atoms with Gasteiger partial charge in [-0.05, 0) is 18.4 Å². The third-order valence-electron chi connectivity index (χ3n) is 3.16. The lowest BCUT2D eigenvalue weighted by atomic mass is 9.93. The highest BCUT2D eigenvalue weighted by Gasteiger charge is 2.29. The molecule has 0 aliphatic carbocycles. The van der Waals surface area contributed by atoms with Crippen LogP contribution in [0.4, 0.5) is 0 Å². The van der Waals surface area contributed by atoms with E-state index in [0.29, 0.717) is 17.7 Å². The summed E-state index contributed by atoms with van der Waals surface area (Å²) in [6.45, 7) is 7.02. The highest BCUT2D eigenvalue weighted by molar-refractivity contribution is 5.88. The van der Waals surface area contributed by atoms with Crippen molar-refractivity contribution < 1.29 is 9.90 Å². The van der Waals surface area contributed by atoms with Crippen LogP contribution >= 0.6 is 0 Å². The molecule has 0 aromatic carbocycles. The van der Waals surface area contributed by atoms with E-state index < -0.39 is 5.97 Å². The standard InChI is InChI=1S/C12H17N3O2/c1-12(2)3-4-15(7-12)6-10-9(11(16)17)5-13-8-14-10/h5,8H,3-4,6-7H2,1-2H3,(H,16,17). The summed E-state index contributed by atoms with van der Waals surface area (Å²) in [5.41, 5.74) is 1.12. The SMILES string of the molecule is CC1(C)CCN(Cc2ncncc2C(=O)O)C1. The van der Waals surface area contributed by atoms with Gasteiger partial charge in [0.05, 0.1) is 5.69 Å². The largest absolute Gasteiger partial charge is 0.478 e. The van der Waals surface area contributed by atoms with Crippen LogP contribution in [0.3, 0.4) is 0 Å². The van der Waals surface area contributed by atoms with Crippen molar-refractivity contribution in [1.29, 1.82) is 0 Å². The lowest BCUT2D eigenvalue weighted by molar-refractivity contribution is 0.0693. The lowest BCUT2D eigenvalue weighted by Gasteiger charge is -2.19. The average Bonchev–Trinajstić information content (AvgIpc) is 2.58. The first-order valence-electron chi connectivity index (χ1n) is 5.72. The minimum Gasteiger partial charge on any atom is -0.478 e. The Kier molecular flexibility index (Phi) is 3.11. The number of hydrogen-bond donors (Lipinski definition) is 1. The molecule has 2 rings (SSSR count). The number of carbonyl (C=O) groups is 1. The van der Waals surface area contributed by atoms with Crippen LogP contribution in [0.2, 0.25) is 0 Å². The van der Waals surface area contributed by atoms with Crippen LogP contribution in [0.1, 0.15) is 36.3 Å². The van der Waals surface area contributed by atoms with Gasteiger partial charge in [0.2, 0.25) is 0 Å². The van der Waals surface area contributed by atoms with Crippen molar-refractivity contribution in [2.45, 2.75) is 26.8 Å². The van der Waals surface area contributed by atoms with Crippen molar-refractivity contribution in [2.75, 3.05) is 13.1 Å². The van der Waals surface area contributed by atoms with Gasteiger partial charge in [0, 0.05) is 19.3 Å². The highest BCUT2D eigenvalue weighted by atomic mass is 16.4. The smallest absolute Gasteiger partial charge is 0.339 e. The van der Waals surface area contributed by atoms with Gasteiger partial charge in [-0.25, -0.2) is 14.8 Å². The molecule has 1 fully saturated rings. The molecule has 1 aliphatic rings. The van der Waals surface area contributed by atoms with Crippen LogP contribution in [0, 0.1) is 5.41 Å². The highest BCUT2D eigenvalue weighted by Crippen LogP contribution is 2.29. The van der Waals surface area contributed by atoms with E-state index in [1.165, 1.54) is 12.5 Å². The van der Waals surface area contributed by atoms with Crippen LogP contribution in [-0.2, 0) is 6.54 Å². The van der Waals surface area contributed by atoms with Crippen molar-refractivity contribution in [2.24, 2.45) is 5.41 Å². The Morgan fingerprint density at radius 3 is 2.94 bits per heavy atom. The molecule has 0 spiro atoms. The third kappa shape index (κ3) is 2.79. The number of carboxylic acid groups (broad SMARTS) is 1. The Labute approximate surface area is 100 Å². The fourth-order valence-electron chi connectivity index (χ4n) is 2.23. The predicted molar refractivity (Wildman–Crippen MR) is 62.7 cm³/mol. The van der Waals surface area contributed by atoms with Gasteiger partial charge in [0.15, 0.2) is 0 Å². The van der Waals surface area contributed by atoms with Crippen LogP contribution in [0.5, 0.6) is 0 Å². The van der Waals surface area contributed by atoms with Gasteiger partial charge in [-0.15, -0.1) is 0 Å². The van der Waals surface area contributed by atoms with Gasteiger partial charge in [-0.3, -0.25) is 4.90 Å². The number of hydrogen-bond acceptors (Lipinski definition) is 4. The molecule has 5 nitrogen and oxygen atoms in total. The minimum atomic E-state index is -0.959. The van der Waals surface area contributed by atoms with E-state index >= 15 is 0 Å². The van der Waals surface area contributed by atoms with Crippen molar-refractivity contribution in [1.82, 2.24) is 14.9 Å². The quantitative estimate of drug-likeness (QED) is 0.858. The zero-order valence-electron chi connectivity index (χ0n) is 10.2. The summed E-state index contributed by atoms with van der Waals surface area (Å²) in [5, 5.41) is 9.04. The Morgan fingerprint density at radius 1 is 1.59 bits per heavy atom. The topological polar surface area (TPSA) is 66.3 Å². The Balaban J connectivity index is 2.12. The molecular formula is C12H17N3O2. The molecule has 17 heavy (non-hydrogen) atoms. The van der Waals surface area contributed by atoms with Crippen molar-refractivity contribution in [3.63, 3.8) is 0 Å². The molecule has 1 N–H and O–H groups in total. The van der Waals surface area contributed by atoms with Gasteiger partial charge in [0.25, 0.3) is 0 Å². The molecule has 0 saturated carbocycles. The maximum atomic E-state index is 11.0.